The SMILES string of the molecule is Cc1ccc2c(c1)[C@]1(C(=O)NC(=O)N1CC1CCC1)C(=O)N2. The number of anilines is 1. The van der Waals surface area contributed by atoms with Crippen molar-refractivity contribution < 1.29 is 14.4 Å². The molecule has 1 aromatic carbocycles. The van der Waals surface area contributed by atoms with Crippen LogP contribution < -0.4 is 10.6 Å². The summed E-state index contributed by atoms with van der Waals surface area (Å²) < 4.78 is 0. The molecule has 4 amide bonds. The molecule has 1 aliphatic carbocycles. The molecule has 1 atom stereocenters. The number of carbonyl (C=O) groups is 3. The third-order valence-corrected chi connectivity index (χ3v) is 5.01. The molecule has 2 N–H and O–H groups in total. The number of nitrogens with zero attached hydrogens (tertiary/aromatic N) is 1. The second-order valence-electron chi connectivity index (χ2n) is 6.38. The first-order valence-electron chi connectivity index (χ1n) is 7.59. The average molecular weight is 299 g/mol. The standard InChI is InChI=1S/C16H17N3O3/c1-9-5-6-12-11(7-9)16(13(20)17-12)14(21)18-15(22)19(16)8-10-3-2-4-10/h5-7,10H,2-4,8H2,1H3,(H,17,20)(H,18,21,22)/t16-/m1/s1. The Bertz CT molecular complexity index is 711. The number of amides is 4. The highest BCUT2D eigenvalue weighted by Gasteiger charge is 2.63. The number of hydrogen-bond acceptors (Lipinski definition) is 3. The maximum atomic E-state index is 12.7. The van der Waals surface area contributed by atoms with Gasteiger partial charge in [-0.1, -0.05) is 24.1 Å². The van der Waals surface area contributed by atoms with E-state index in [1.165, 1.54) is 4.90 Å². The van der Waals surface area contributed by atoms with Crippen LogP contribution in [0.4, 0.5) is 10.5 Å². The minimum atomic E-state index is -1.53. The molecule has 0 bridgehead atoms. The highest BCUT2D eigenvalue weighted by molar-refractivity contribution is 6.26. The fraction of sp³-hybridized carbons (Fsp3) is 0.438. The monoisotopic (exact) mass is 299 g/mol. The number of fused-ring (bicyclic) bond motifs is 2. The smallest absolute Gasteiger partial charge is 0.323 e. The van der Waals surface area contributed by atoms with Crippen molar-refractivity contribution in [1.29, 1.82) is 0 Å². The molecule has 6 heteroatoms. The predicted octanol–water partition coefficient (Wildman–Crippen LogP) is 1.49. The summed E-state index contributed by atoms with van der Waals surface area (Å²) in [6.45, 7) is 2.35. The Balaban J connectivity index is 1.86. The number of carbonyl (C=O) groups excluding carboxylic acids is 3. The Morgan fingerprint density at radius 2 is 1.91 bits per heavy atom. The summed E-state index contributed by atoms with van der Waals surface area (Å²) in [6.07, 6.45) is 3.22. The second kappa shape index (κ2) is 4.32. The fourth-order valence-corrected chi connectivity index (χ4v) is 3.58. The van der Waals surface area contributed by atoms with E-state index in [2.05, 4.69) is 10.6 Å². The Labute approximate surface area is 127 Å². The van der Waals surface area contributed by atoms with Gasteiger partial charge in [0, 0.05) is 17.8 Å². The van der Waals surface area contributed by atoms with Crippen molar-refractivity contribution in [2.24, 2.45) is 5.92 Å². The summed E-state index contributed by atoms with van der Waals surface area (Å²) in [5, 5.41) is 5.09. The summed E-state index contributed by atoms with van der Waals surface area (Å²) >= 11 is 0. The van der Waals surface area contributed by atoms with Crippen LogP contribution in [0.3, 0.4) is 0 Å². The predicted molar refractivity (Wildman–Crippen MR) is 79.1 cm³/mol. The second-order valence-corrected chi connectivity index (χ2v) is 6.38. The lowest BCUT2D eigenvalue weighted by molar-refractivity contribution is -0.137. The van der Waals surface area contributed by atoms with E-state index in [-0.39, 0.29) is 0 Å². The number of aryl methyl sites for hydroxylation is 1. The topological polar surface area (TPSA) is 78.5 Å². The van der Waals surface area contributed by atoms with Crippen molar-refractivity contribution in [2.45, 2.75) is 31.7 Å². The Hall–Kier alpha value is -2.37. The van der Waals surface area contributed by atoms with Crippen molar-refractivity contribution in [3.05, 3.63) is 29.3 Å². The van der Waals surface area contributed by atoms with Crippen molar-refractivity contribution in [3.63, 3.8) is 0 Å². The van der Waals surface area contributed by atoms with Crippen LogP contribution in [0.15, 0.2) is 18.2 Å². The lowest BCUT2D eigenvalue weighted by Gasteiger charge is -2.35. The summed E-state index contributed by atoms with van der Waals surface area (Å²) in [4.78, 5) is 38.9. The van der Waals surface area contributed by atoms with Gasteiger partial charge in [-0.3, -0.25) is 19.8 Å². The number of hydrogen-bond donors (Lipinski definition) is 2. The van der Waals surface area contributed by atoms with E-state index in [0.717, 1.165) is 24.8 Å². The zero-order valence-electron chi connectivity index (χ0n) is 12.3. The van der Waals surface area contributed by atoms with Gasteiger partial charge in [-0.2, -0.15) is 0 Å². The summed E-state index contributed by atoms with van der Waals surface area (Å²) in [6, 6.07) is 5.01. The fourth-order valence-electron chi connectivity index (χ4n) is 3.58. The van der Waals surface area contributed by atoms with Gasteiger partial charge in [0.1, 0.15) is 0 Å². The van der Waals surface area contributed by atoms with E-state index in [1.807, 2.05) is 19.1 Å². The van der Waals surface area contributed by atoms with Gasteiger partial charge in [0.05, 0.1) is 0 Å². The number of imide groups is 1. The first kappa shape index (κ1) is 13.3. The number of urea groups is 1. The van der Waals surface area contributed by atoms with Gasteiger partial charge >= 0.3 is 6.03 Å². The molecule has 2 fully saturated rings. The largest absolute Gasteiger partial charge is 0.325 e. The first-order valence-corrected chi connectivity index (χ1v) is 7.59. The molecule has 22 heavy (non-hydrogen) atoms. The van der Waals surface area contributed by atoms with Gasteiger partial charge in [-0.25, -0.2) is 4.79 Å². The molecule has 0 radical (unpaired) electrons. The van der Waals surface area contributed by atoms with E-state index >= 15 is 0 Å². The molecule has 4 rings (SSSR count). The molecule has 114 valence electrons. The van der Waals surface area contributed by atoms with E-state index in [4.69, 9.17) is 0 Å². The summed E-state index contributed by atoms with van der Waals surface area (Å²) in [7, 11) is 0. The molecule has 2 heterocycles. The Morgan fingerprint density at radius 3 is 2.59 bits per heavy atom. The van der Waals surface area contributed by atoms with E-state index in [0.29, 0.717) is 23.7 Å². The van der Waals surface area contributed by atoms with Gasteiger partial charge in [0.15, 0.2) is 0 Å². The van der Waals surface area contributed by atoms with Crippen LogP contribution in [-0.2, 0) is 15.1 Å². The molecular weight excluding hydrogens is 282 g/mol. The number of rotatable bonds is 2. The third kappa shape index (κ3) is 1.52. The maximum absolute atomic E-state index is 12.7. The van der Waals surface area contributed by atoms with Gasteiger partial charge in [-0.05, 0) is 31.7 Å². The highest BCUT2D eigenvalue weighted by atomic mass is 16.2. The van der Waals surface area contributed by atoms with E-state index < -0.39 is 23.4 Å². The first-order chi connectivity index (χ1) is 10.5. The van der Waals surface area contributed by atoms with Crippen LogP contribution in [0.25, 0.3) is 0 Å². The molecule has 1 saturated heterocycles. The van der Waals surface area contributed by atoms with Gasteiger partial charge in [-0.15, -0.1) is 0 Å². The van der Waals surface area contributed by atoms with E-state index in [1.54, 1.807) is 6.07 Å². The molecule has 3 aliphatic rings. The molecular formula is C16H17N3O3. The molecule has 1 saturated carbocycles. The van der Waals surface area contributed by atoms with Crippen molar-refractivity contribution in [2.75, 3.05) is 11.9 Å². The third-order valence-electron chi connectivity index (χ3n) is 5.01. The summed E-state index contributed by atoms with van der Waals surface area (Å²) in [5.41, 5.74) is 0.609. The molecule has 2 aliphatic heterocycles. The molecule has 0 aromatic heterocycles. The zero-order valence-corrected chi connectivity index (χ0v) is 12.3. The molecule has 1 aromatic rings. The maximum Gasteiger partial charge on any atom is 0.325 e. The quantitative estimate of drug-likeness (QED) is 0.641. The lowest BCUT2D eigenvalue weighted by atomic mass is 9.82. The Morgan fingerprint density at radius 1 is 1.18 bits per heavy atom. The molecule has 6 nitrogen and oxygen atoms in total. The van der Waals surface area contributed by atoms with Gasteiger partial charge < -0.3 is 5.32 Å². The van der Waals surface area contributed by atoms with Crippen molar-refractivity contribution >= 4 is 23.5 Å². The lowest BCUT2D eigenvalue weighted by Crippen LogP contribution is -2.53. The minimum Gasteiger partial charge on any atom is -0.323 e. The number of nitrogens with one attached hydrogen (secondary N) is 2. The normalized spacial score (nSPS) is 27.0. The van der Waals surface area contributed by atoms with E-state index in [9.17, 15) is 14.4 Å². The van der Waals surface area contributed by atoms with Crippen LogP contribution in [0, 0.1) is 12.8 Å². The van der Waals surface area contributed by atoms with Gasteiger partial charge in [0.2, 0.25) is 5.54 Å². The zero-order chi connectivity index (χ0) is 15.5. The highest BCUT2D eigenvalue weighted by Crippen LogP contribution is 2.45. The van der Waals surface area contributed by atoms with Crippen LogP contribution >= 0.6 is 0 Å². The van der Waals surface area contributed by atoms with Gasteiger partial charge in [0.25, 0.3) is 11.8 Å². The average Bonchev–Trinajstić information content (AvgIpc) is 2.83. The molecule has 1 spiro atoms. The van der Waals surface area contributed by atoms with Crippen LogP contribution in [0.5, 0.6) is 0 Å². The minimum absolute atomic E-state index is 0.371. The van der Waals surface area contributed by atoms with Crippen molar-refractivity contribution in [1.82, 2.24) is 10.2 Å². The Kier molecular flexibility index (Phi) is 2.61. The molecule has 0 unspecified atom stereocenters. The van der Waals surface area contributed by atoms with Crippen LogP contribution in [0.1, 0.15) is 30.4 Å². The number of benzene rings is 1. The van der Waals surface area contributed by atoms with Crippen LogP contribution in [0.2, 0.25) is 0 Å². The van der Waals surface area contributed by atoms with Crippen LogP contribution in [-0.4, -0.2) is 29.3 Å². The summed E-state index contributed by atoms with van der Waals surface area (Å²) in [5.74, 6) is -0.607. The van der Waals surface area contributed by atoms with Crippen molar-refractivity contribution in [3.8, 4) is 0 Å².